The lowest BCUT2D eigenvalue weighted by Gasteiger charge is -2.36. The van der Waals surface area contributed by atoms with Crippen LogP contribution in [-0.2, 0) is 0 Å². The monoisotopic (exact) mass is 299 g/mol. The first kappa shape index (κ1) is 12.6. The molecule has 0 unspecified atom stereocenters. The van der Waals surface area contributed by atoms with Gasteiger partial charge in [0.15, 0.2) is 0 Å². The SMILES string of the molecule is CN(C)C1CCN(c2ncnc(N)c2Br)CC1. The molecule has 1 fully saturated rings. The molecule has 1 saturated heterocycles. The summed E-state index contributed by atoms with van der Waals surface area (Å²) in [6.45, 7) is 2.02. The molecule has 1 aromatic heterocycles. The Morgan fingerprint density at radius 1 is 1.35 bits per heavy atom. The highest BCUT2D eigenvalue weighted by molar-refractivity contribution is 9.10. The molecule has 17 heavy (non-hydrogen) atoms. The second kappa shape index (κ2) is 5.18. The number of rotatable bonds is 2. The van der Waals surface area contributed by atoms with Crippen LogP contribution in [0.5, 0.6) is 0 Å². The van der Waals surface area contributed by atoms with Crippen molar-refractivity contribution in [1.82, 2.24) is 14.9 Å². The van der Waals surface area contributed by atoms with Gasteiger partial charge in [-0.25, -0.2) is 9.97 Å². The molecule has 0 spiro atoms. The summed E-state index contributed by atoms with van der Waals surface area (Å²) in [5.41, 5.74) is 5.77. The Morgan fingerprint density at radius 3 is 2.59 bits per heavy atom. The van der Waals surface area contributed by atoms with Crippen molar-refractivity contribution in [2.75, 3.05) is 37.8 Å². The molecule has 0 aliphatic carbocycles. The van der Waals surface area contributed by atoms with E-state index in [2.05, 4.69) is 49.8 Å². The minimum absolute atomic E-state index is 0.504. The quantitative estimate of drug-likeness (QED) is 0.893. The Hall–Kier alpha value is -0.880. The fraction of sp³-hybridized carbons (Fsp3) is 0.636. The molecule has 6 heteroatoms. The van der Waals surface area contributed by atoms with Gasteiger partial charge in [0.25, 0.3) is 0 Å². The molecule has 0 saturated carbocycles. The van der Waals surface area contributed by atoms with Crippen LogP contribution in [0.1, 0.15) is 12.8 Å². The topological polar surface area (TPSA) is 58.3 Å². The third-order valence-electron chi connectivity index (χ3n) is 3.29. The predicted octanol–water partition coefficient (Wildman–Crippen LogP) is 1.35. The lowest BCUT2D eigenvalue weighted by molar-refractivity contribution is 0.249. The summed E-state index contributed by atoms with van der Waals surface area (Å²) in [6.07, 6.45) is 3.83. The number of piperidine rings is 1. The molecule has 0 aromatic carbocycles. The number of nitrogen functional groups attached to an aromatic ring is 1. The fourth-order valence-electron chi connectivity index (χ4n) is 2.19. The Morgan fingerprint density at radius 2 is 2.00 bits per heavy atom. The molecule has 2 N–H and O–H groups in total. The maximum Gasteiger partial charge on any atom is 0.148 e. The second-order valence-corrected chi connectivity index (χ2v) is 5.37. The predicted molar refractivity (Wildman–Crippen MR) is 73.1 cm³/mol. The van der Waals surface area contributed by atoms with E-state index in [1.54, 1.807) is 0 Å². The van der Waals surface area contributed by atoms with E-state index < -0.39 is 0 Å². The van der Waals surface area contributed by atoms with Gasteiger partial charge in [0.05, 0.1) is 0 Å². The Balaban J connectivity index is 2.08. The number of hydrogen-bond acceptors (Lipinski definition) is 5. The first-order valence-corrected chi connectivity index (χ1v) is 6.56. The Labute approximate surface area is 110 Å². The van der Waals surface area contributed by atoms with Crippen LogP contribution < -0.4 is 10.6 Å². The zero-order valence-electron chi connectivity index (χ0n) is 10.2. The lowest BCUT2D eigenvalue weighted by atomic mass is 10.0. The van der Waals surface area contributed by atoms with Crippen LogP contribution in [0.15, 0.2) is 10.8 Å². The number of anilines is 2. The van der Waals surface area contributed by atoms with E-state index in [-0.39, 0.29) is 0 Å². The number of nitrogens with zero attached hydrogens (tertiary/aromatic N) is 4. The molecular formula is C11H18BrN5. The highest BCUT2D eigenvalue weighted by atomic mass is 79.9. The Kier molecular flexibility index (Phi) is 3.83. The zero-order valence-corrected chi connectivity index (χ0v) is 11.8. The van der Waals surface area contributed by atoms with Crippen LogP contribution in [-0.4, -0.2) is 48.1 Å². The number of aromatic nitrogens is 2. The summed E-state index contributed by atoms with van der Waals surface area (Å²) in [7, 11) is 4.28. The summed E-state index contributed by atoms with van der Waals surface area (Å²) in [5, 5.41) is 0. The smallest absolute Gasteiger partial charge is 0.148 e. The summed E-state index contributed by atoms with van der Waals surface area (Å²) in [5.74, 6) is 1.42. The van der Waals surface area contributed by atoms with Gasteiger partial charge in [0, 0.05) is 19.1 Å². The van der Waals surface area contributed by atoms with Crippen molar-refractivity contribution in [2.45, 2.75) is 18.9 Å². The van der Waals surface area contributed by atoms with Crippen molar-refractivity contribution in [2.24, 2.45) is 0 Å². The molecule has 0 radical (unpaired) electrons. The van der Waals surface area contributed by atoms with E-state index >= 15 is 0 Å². The number of halogens is 1. The van der Waals surface area contributed by atoms with Gasteiger partial charge in [-0.15, -0.1) is 0 Å². The van der Waals surface area contributed by atoms with Gasteiger partial charge < -0.3 is 15.5 Å². The van der Waals surface area contributed by atoms with Gasteiger partial charge in [-0.05, 0) is 42.9 Å². The molecule has 2 heterocycles. The number of hydrogen-bond donors (Lipinski definition) is 1. The maximum absolute atomic E-state index is 5.77. The number of nitrogens with two attached hydrogens (primary N) is 1. The minimum atomic E-state index is 0.504. The van der Waals surface area contributed by atoms with Crippen LogP contribution >= 0.6 is 15.9 Å². The van der Waals surface area contributed by atoms with Crippen molar-refractivity contribution < 1.29 is 0 Å². The van der Waals surface area contributed by atoms with Crippen LogP contribution in [0.2, 0.25) is 0 Å². The van der Waals surface area contributed by atoms with E-state index in [1.165, 1.54) is 6.33 Å². The molecule has 0 bridgehead atoms. The van der Waals surface area contributed by atoms with Crippen LogP contribution in [0, 0.1) is 0 Å². The van der Waals surface area contributed by atoms with E-state index in [0.29, 0.717) is 11.9 Å². The van der Waals surface area contributed by atoms with Gasteiger partial charge in [0.2, 0.25) is 0 Å². The maximum atomic E-state index is 5.77. The van der Waals surface area contributed by atoms with Gasteiger partial charge in [-0.3, -0.25) is 0 Å². The molecule has 0 atom stereocenters. The average molecular weight is 300 g/mol. The van der Waals surface area contributed by atoms with Crippen molar-refractivity contribution in [3.63, 3.8) is 0 Å². The summed E-state index contributed by atoms with van der Waals surface area (Å²) in [6, 6.07) is 0.671. The highest BCUT2D eigenvalue weighted by Crippen LogP contribution is 2.29. The second-order valence-electron chi connectivity index (χ2n) is 4.58. The summed E-state index contributed by atoms with van der Waals surface area (Å²) < 4.78 is 0.809. The van der Waals surface area contributed by atoms with Crippen molar-refractivity contribution in [1.29, 1.82) is 0 Å². The molecule has 2 rings (SSSR count). The third kappa shape index (κ3) is 2.69. The fourth-order valence-corrected chi connectivity index (χ4v) is 2.64. The van der Waals surface area contributed by atoms with Crippen molar-refractivity contribution in [3.05, 3.63) is 10.8 Å². The van der Waals surface area contributed by atoms with Crippen molar-refractivity contribution in [3.8, 4) is 0 Å². The summed E-state index contributed by atoms with van der Waals surface area (Å²) in [4.78, 5) is 12.8. The highest BCUT2D eigenvalue weighted by Gasteiger charge is 2.23. The van der Waals surface area contributed by atoms with Crippen LogP contribution in [0.3, 0.4) is 0 Å². The molecule has 1 aliphatic heterocycles. The van der Waals surface area contributed by atoms with Crippen molar-refractivity contribution >= 4 is 27.6 Å². The Bertz CT molecular complexity index is 387. The normalized spacial score (nSPS) is 17.8. The first-order chi connectivity index (χ1) is 8.09. The minimum Gasteiger partial charge on any atom is -0.383 e. The molecular weight excluding hydrogens is 282 g/mol. The molecule has 94 valence electrons. The zero-order chi connectivity index (χ0) is 12.4. The summed E-state index contributed by atoms with van der Waals surface area (Å²) >= 11 is 3.46. The van der Waals surface area contributed by atoms with Gasteiger partial charge in [-0.1, -0.05) is 0 Å². The van der Waals surface area contributed by atoms with Gasteiger partial charge in [-0.2, -0.15) is 0 Å². The molecule has 5 nitrogen and oxygen atoms in total. The lowest BCUT2D eigenvalue weighted by Crippen LogP contribution is -2.42. The van der Waals surface area contributed by atoms with Gasteiger partial charge in [0.1, 0.15) is 22.4 Å². The van der Waals surface area contributed by atoms with E-state index in [4.69, 9.17) is 5.73 Å². The van der Waals surface area contributed by atoms with Gasteiger partial charge >= 0.3 is 0 Å². The molecule has 1 aromatic rings. The molecule has 1 aliphatic rings. The van der Waals surface area contributed by atoms with E-state index in [1.807, 2.05) is 0 Å². The first-order valence-electron chi connectivity index (χ1n) is 5.77. The largest absolute Gasteiger partial charge is 0.383 e. The molecule has 0 amide bonds. The standard InChI is InChI=1S/C11H18BrN5/c1-16(2)8-3-5-17(6-4-8)11-9(12)10(13)14-7-15-11/h7-8H,3-6H2,1-2H3,(H2,13,14,15). The van der Waals surface area contributed by atoms with Crippen LogP contribution in [0.4, 0.5) is 11.6 Å². The van der Waals surface area contributed by atoms with Crippen LogP contribution in [0.25, 0.3) is 0 Å². The van der Waals surface area contributed by atoms with E-state index in [9.17, 15) is 0 Å². The average Bonchev–Trinajstić information content (AvgIpc) is 2.33. The third-order valence-corrected chi connectivity index (χ3v) is 4.05. The van der Waals surface area contributed by atoms with E-state index in [0.717, 1.165) is 36.2 Å².